The molecule has 0 aromatic rings. The minimum atomic E-state index is -1.56. The average molecular weight is 629 g/mol. The minimum absolute atomic E-state index is 0. The van der Waals surface area contributed by atoms with Crippen molar-refractivity contribution < 1.29 is 70.0 Å². The molecule has 0 aliphatic carbocycles. The van der Waals surface area contributed by atoms with Gasteiger partial charge >= 0.3 is 0 Å². The number of ether oxygens (including phenoxy) is 5. The summed E-state index contributed by atoms with van der Waals surface area (Å²) in [6.07, 6.45) is -16.8. The van der Waals surface area contributed by atoms with Gasteiger partial charge in [-0.3, -0.25) is 0 Å². The SMILES string of the molecule is Cl.Cl.Cl.N[C@H]1[C@H](O[C@H]2[C@H](O)[C@@H](N)[C@H](O[C@H]3[C@H](O)[C@@H](N)C(O)O[C@@H]3CO)O[C@@H]2CO)O[C@H](CO)[C@@H](O)[C@@H]1O.O. The van der Waals surface area contributed by atoms with Gasteiger partial charge in [0.25, 0.3) is 0 Å². The van der Waals surface area contributed by atoms with Gasteiger partial charge in [-0.1, -0.05) is 0 Å². The molecule has 17 nitrogen and oxygen atoms in total. The van der Waals surface area contributed by atoms with Crippen molar-refractivity contribution in [2.24, 2.45) is 17.2 Å². The number of aliphatic hydroxyl groups is 8. The van der Waals surface area contributed by atoms with E-state index in [-0.39, 0.29) is 42.7 Å². The first-order valence-electron chi connectivity index (χ1n) is 10.8. The summed E-state index contributed by atoms with van der Waals surface area (Å²) >= 11 is 0. The van der Waals surface area contributed by atoms with Crippen molar-refractivity contribution in [1.29, 1.82) is 0 Å². The normalized spacial score (nSPS) is 47.0. The van der Waals surface area contributed by atoms with Crippen LogP contribution in [0.25, 0.3) is 0 Å². The van der Waals surface area contributed by atoms with E-state index >= 15 is 0 Å². The average Bonchev–Trinajstić information content (AvgIpc) is 2.83. The van der Waals surface area contributed by atoms with Crippen LogP contribution in [0.1, 0.15) is 0 Å². The van der Waals surface area contributed by atoms with Crippen molar-refractivity contribution >= 4 is 37.2 Å². The van der Waals surface area contributed by atoms with Crippen LogP contribution in [-0.4, -0.2) is 158 Å². The summed E-state index contributed by atoms with van der Waals surface area (Å²) in [4.78, 5) is 0. The van der Waals surface area contributed by atoms with Crippen LogP contribution < -0.4 is 17.2 Å². The monoisotopic (exact) mass is 627 g/mol. The van der Waals surface area contributed by atoms with Gasteiger partial charge < -0.3 is 87.2 Å². The Balaban J connectivity index is 0. The maximum atomic E-state index is 10.8. The lowest BCUT2D eigenvalue weighted by Crippen LogP contribution is -2.69. The van der Waals surface area contributed by atoms with Gasteiger partial charge in [-0.2, -0.15) is 0 Å². The zero-order valence-electron chi connectivity index (χ0n) is 19.9. The van der Waals surface area contributed by atoms with Gasteiger partial charge in [-0.25, -0.2) is 0 Å². The molecule has 1 unspecified atom stereocenters. The summed E-state index contributed by atoms with van der Waals surface area (Å²) in [6, 6.07) is -3.87. The second-order valence-corrected chi connectivity index (χ2v) is 8.59. The van der Waals surface area contributed by atoms with Crippen LogP contribution in [0.5, 0.6) is 0 Å². The van der Waals surface area contributed by atoms with Gasteiger partial charge in [0.15, 0.2) is 18.9 Å². The van der Waals surface area contributed by atoms with Gasteiger partial charge in [0.05, 0.1) is 37.9 Å². The largest absolute Gasteiger partial charge is 0.412 e. The van der Waals surface area contributed by atoms with E-state index in [0.717, 1.165) is 0 Å². The second-order valence-electron chi connectivity index (χ2n) is 8.59. The van der Waals surface area contributed by atoms with Crippen molar-refractivity contribution in [3.8, 4) is 0 Å². The van der Waals surface area contributed by atoms with E-state index in [1.807, 2.05) is 0 Å². The van der Waals surface area contributed by atoms with Crippen LogP contribution in [0.3, 0.4) is 0 Å². The zero-order valence-corrected chi connectivity index (χ0v) is 22.3. The van der Waals surface area contributed by atoms with Crippen molar-refractivity contribution in [2.45, 2.75) is 91.9 Å². The molecule has 15 atom stereocenters. The predicted octanol–water partition coefficient (Wildman–Crippen LogP) is -7.23. The highest BCUT2D eigenvalue weighted by atomic mass is 35.5. The van der Waals surface area contributed by atoms with Gasteiger partial charge in [-0.05, 0) is 0 Å². The molecule has 0 aromatic carbocycles. The van der Waals surface area contributed by atoms with Crippen LogP contribution in [0.2, 0.25) is 0 Å². The second kappa shape index (κ2) is 17.2. The number of rotatable bonds is 7. The van der Waals surface area contributed by atoms with Crippen LogP contribution in [0, 0.1) is 0 Å². The molecule has 3 fully saturated rings. The van der Waals surface area contributed by atoms with Crippen molar-refractivity contribution in [3.63, 3.8) is 0 Å². The first-order chi connectivity index (χ1) is 16.0. The first-order valence-corrected chi connectivity index (χ1v) is 10.8. The summed E-state index contributed by atoms with van der Waals surface area (Å²) in [5.74, 6) is 0. The lowest BCUT2D eigenvalue weighted by molar-refractivity contribution is -0.348. The highest BCUT2D eigenvalue weighted by molar-refractivity contribution is 5.86. The van der Waals surface area contributed by atoms with Gasteiger partial charge in [0, 0.05) is 0 Å². The van der Waals surface area contributed by atoms with E-state index in [2.05, 4.69) is 0 Å². The van der Waals surface area contributed by atoms with Gasteiger partial charge in [0.1, 0.15) is 54.9 Å². The molecule has 0 amide bonds. The number of hydrogen-bond acceptors (Lipinski definition) is 16. The van der Waals surface area contributed by atoms with E-state index in [4.69, 9.17) is 40.9 Å². The van der Waals surface area contributed by atoms with E-state index in [9.17, 15) is 40.9 Å². The third-order valence-corrected chi connectivity index (χ3v) is 6.33. The number of aliphatic hydroxyl groups excluding tert-OH is 8. The van der Waals surface area contributed by atoms with E-state index < -0.39 is 112 Å². The molecule has 0 saturated carbocycles. The number of nitrogens with two attached hydrogens (primary N) is 3. The Morgan fingerprint density at radius 1 is 0.526 bits per heavy atom. The first kappa shape index (κ1) is 40.3. The van der Waals surface area contributed by atoms with E-state index in [1.54, 1.807) is 0 Å². The molecule has 3 rings (SSSR count). The van der Waals surface area contributed by atoms with E-state index in [0.29, 0.717) is 0 Å². The molecule has 3 aliphatic heterocycles. The summed E-state index contributed by atoms with van der Waals surface area (Å²) in [7, 11) is 0. The van der Waals surface area contributed by atoms with Crippen LogP contribution in [-0.2, 0) is 23.7 Å². The number of hydrogen-bond donors (Lipinski definition) is 11. The molecular formula is C18H40Cl3N3O14. The fourth-order valence-electron chi connectivity index (χ4n) is 4.18. The molecule has 0 radical (unpaired) electrons. The summed E-state index contributed by atoms with van der Waals surface area (Å²) < 4.78 is 27.4. The molecule has 38 heavy (non-hydrogen) atoms. The maximum absolute atomic E-state index is 10.8. The lowest BCUT2D eigenvalue weighted by Gasteiger charge is -2.48. The highest BCUT2D eigenvalue weighted by Gasteiger charge is 2.52. The van der Waals surface area contributed by atoms with Gasteiger partial charge in [0.2, 0.25) is 0 Å². The summed E-state index contributed by atoms with van der Waals surface area (Å²) in [6.45, 7) is -2.00. The topological polar surface area (TPSA) is 318 Å². The third kappa shape index (κ3) is 8.14. The smallest absolute Gasteiger partial charge is 0.176 e. The predicted molar refractivity (Wildman–Crippen MR) is 133 cm³/mol. The maximum Gasteiger partial charge on any atom is 0.176 e. The van der Waals surface area contributed by atoms with Crippen molar-refractivity contribution in [1.82, 2.24) is 0 Å². The molecule has 232 valence electrons. The molecular weight excluding hydrogens is 589 g/mol. The molecule has 16 N–H and O–H groups in total. The Kier molecular flexibility index (Phi) is 18.3. The van der Waals surface area contributed by atoms with Crippen molar-refractivity contribution in [2.75, 3.05) is 19.8 Å². The molecule has 3 heterocycles. The fraction of sp³-hybridized carbons (Fsp3) is 1.00. The molecule has 0 spiro atoms. The molecule has 0 bridgehead atoms. The Bertz CT molecular complexity index is 663. The lowest BCUT2D eigenvalue weighted by atomic mass is 9.94. The highest BCUT2D eigenvalue weighted by Crippen LogP contribution is 2.31. The summed E-state index contributed by atoms with van der Waals surface area (Å²) in [5.41, 5.74) is 17.6. The van der Waals surface area contributed by atoms with Crippen LogP contribution in [0.4, 0.5) is 0 Å². The van der Waals surface area contributed by atoms with Crippen LogP contribution in [0.15, 0.2) is 0 Å². The summed E-state index contributed by atoms with van der Waals surface area (Å²) in [5, 5.41) is 79.6. The Hall–Kier alpha value is 0.190. The fourth-order valence-corrected chi connectivity index (χ4v) is 4.18. The standard InChI is InChI=1S/C18H35N3O13.3ClH.H2O/c19-7-12(27)14(5(2-23)30-16(7)29)33-18-9(21)13(28)15(6(3-24)32-18)34-17-8(20)11(26)10(25)4(1-22)31-17;;;;/h4-18,22-29H,1-3,19-21H2;3*1H;1H2/t4-,5-,6-,7-,8-,9-,10-,11-,12-,13-,14-,15-,16?,17+,18+;;;;/m1..../s1. The molecule has 0 aromatic heterocycles. The molecule has 3 saturated heterocycles. The molecule has 20 heteroatoms. The minimum Gasteiger partial charge on any atom is -0.412 e. The van der Waals surface area contributed by atoms with Crippen LogP contribution >= 0.6 is 37.2 Å². The Morgan fingerprint density at radius 2 is 0.895 bits per heavy atom. The number of halogens is 3. The molecule has 3 aliphatic rings. The quantitative estimate of drug-likeness (QED) is 0.125. The third-order valence-electron chi connectivity index (χ3n) is 6.33. The van der Waals surface area contributed by atoms with Crippen molar-refractivity contribution in [3.05, 3.63) is 0 Å². The zero-order chi connectivity index (χ0) is 25.3. The van der Waals surface area contributed by atoms with E-state index in [1.165, 1.54) is 0 Å². The van der Waals surface area contributed by atoms with Gasteiger partial charge in [-0.15, -0.1) is 37.2 Å². The Morgan fingerprint density at radius 3 is 1.34 bits per heavy atom. The Labute approximate surface area is 236 Å².